The van der Waals surface area contributed by atoms with E-state index in [0.29, 0.717) is 17.9 Å². The zero-order valence-electron chi connectivity index (χ0n) is 18.4. The van der Waals surface area contributed by atoms with Crippen molar-refractivity contribution in [3.63, 3.8) is 0 Å². The molecular formula is C18H31N5O8S2. The molecule has 0 heterocycles. The summed E-state index contributed by atoms with van der Waals surface area (Å²) in [5.41, 5.74) is 10.9. The van der Waals surface area contributed by atoms with Gasteiger partial charge in [0, 0.05) is 0 Å². The van der Waals surface area contributed by atoms with Gasteiger partial charge in [-0.2, -0.15) is 23.5 Å². The summed E-state index contributed by atoms with van der Waals surface area (Å²) < 4.78 is 0. The van der Waals surface area contributed by atoms with Crippen molar-refractivity contribution < 1.29 is 39.0 Å². The molecule has 188 valence electrons. The number of carboxylic acids is 2. The van der Waals surface area contributed by atoms with Gasteiger partial charge in [-0.05, 0) is 36.9 Å². The number of nitrogens with two attached hydrogens (primary N) is 2. The van der Waals surface area contributed by atoms with Crippen LogP contribution in [0.1, 0.15) is 25.7 Å². The number of carbonyl (C=O) groups excluding carboxylic acids is 4. The van der Waals surface area contributed by atoms with Crippen molar-refractivity contribution in [1.82, 2.24) is 16.0 Å². The van der Waals surface area contributed by atoms with E-state index in [0.717, 1.165) is 0 Å². The molecule has 13 nitrogen and oxygen atoms in total. The smallest absolute Gasteiger partial charge is 0.326 e. The summed E-state index contributed by atoms with van der Waals surface area (Å²) in [5.74, 6) is -5.53. The second-order valence-corrected chi connectivity index (χ2v) is 8.93. The number of amides is 4. The van der Waals surface area contributed by atoms with Crippen molar-refractivity contribution in [2.24, 2.45) is 11.5 Å². The highest BCUT2D eigenvalue weighted by Gasteiger charge is 2.32. The number of primary amides is 1. The van der Waals surface area contributed by atoms with Gasteiger partial charge in [0.25, 0.3) is 0 Å². The quantitative estimate of drug-likeness (QED) is 0.110. The number of thioether (sulfide) groups is 2. The Bertz CT molecular complexity index is 724. The Labute approximate surface area is 199 Å². The van der Waals surface area contributed by atoms with E-state index in [1.165, 1.54) is 23.5 Å². The highest BCUT2D eigenvalue weighted by molar-refractivity contribution is 7.98. The summed E-state index contributed by atoms with van der Waals surface area (Å²) in [6.45, 7) is 0. The van der Waals surface area contributed by atoms with E-state index in [4.69, 9.17) is 16.6 Å². The summed E-state index contributed by atoms with van der Waals surface area (Å²) in [6, 6.07) is -5.44. The van der Waals surface area contributed by atoms with E-state index in [1.54, 1.807) is 6.26 Å². The fraction of sp³-hybridized carbons (Fsp3) is 0.667. The molecule has 4 atom stereocenters. The number of carboxylic acid groups (broad SMARTS) is 2. The van der Waals surface area contributed by atoms with Gasteiger partial charge in [0.15, 0.2) is 0 Å². The molecule has 0 aromatic rings. The van der Waals surface area contributed by atoms with Crippen LogP contribution < -0.4 is 27.4 Å². The number of aliphatic carboxylic acids is 2. The van der Waals surface area contributed by atoms with Crippen LogP contribution in [0.15, 0.2) is 0 Å². The van der Waals surface area contributed by atoms with Crippen LogP contribution >= 0.6 is 23.5 Å². The molecule has 15 heteroatoms. The van der Waals surface area contributed by atoms with Crippen molar-refractivity contribution in [3.8, 4) is 0 Å². The van der Waals surface area contributed by atoms with Gasteiger partial charge in [-0.1, -0.05) is 0 Å². The van der Waals surface area contributed by atoms with Crippen LogP contribution in [0.2, 0.25) is 0 Å². The Balaban J connectivity index is 5.46. The van der Waals surface area contributed by atoms with Crippen molar-refractivity contribution in [2.45, 2.75) is 49.9 Å². The first-order chi connectivity index (χ1) is 15.4. The molecule has 4 amide bonds. The van der Waals surface area contributed by atoms with E-state index in [1.807, 2.05) is 6.26 Å². The summed E-state index contributed by atoms with van der Waals surface area (Å²) >= 11 is 2.81. The first-order valence-electron chi connectivity index (χ1n) is 9.80. The number of nitrogens with one attached hydrogen (secondary N) is 3. The lowest BCUT2D eigenvalue weighted by atomic mass is 10.1. The third kappa shape index (κ3) is 12.9. The van der Waals surface area contributed by atoms with Crippen LogP contribution in [0.25, 0.3) is 0 Å². The molecule has 33 heavy (non-hydrogen) atoms. The van der Waals surface area contributed by atoms with Crippen molar-refractivity contribution in [2.75, 3.05) is 24.0 Å². The zero-order chi connectivity index (χ0) is 25.6. The molecule has 0 spiro atoms. The number of rotatable bonds is 17. The summed E-state index contributed by atoms with van der Waals surface area (Å²) in [7, 11) is 0. The van der Waals surface area contributed by atoms with Crippen molar-refractivity contribution in [3.05, 3.63) is 0 Å². The Morgan fingerprint density at radius 2 is 1.21 bits per heavy atom. The molecule has 0 aliphatic heterocycles. The second kappa shape index (κ2) is 16.1. The Morgan fingerprint density at radius 3 is 1.67 bits per heavy atom. The van der Waals surface area contributed by atoms with Gasteiger partial charge in [0.05, 0.1) is 18.9 Å². The summed E-state index contributed by atoms with van der Waals surface area (Å²) in [4.78, 5) is 71.4. The van der Waals surface area contributed by atoms with E-state index < -0.39 is 72.6 Å². The van der Waals surface area contributed by atoms with Crippen LogP contribution in [0, 0.1) is 0 Å². The minimum Gasteiger partial charge on any atom is -0.481 e. The predicted molar refractivity (Wildman–Crippen MR) is 123 cm³/mol. The monoisotopic (exact) mass is 509 g/mol. The molecule has 0 aliphatic carbocycles. The number of hydrogen-bond donors (Lipinski definition) is 7. The normalized spacial score (nSPS) is 14.3. The molecule has 0 fully saturated rings. The van der Waals surface area contributed by atoms with E-state index in [-0.39, 0.29) is 6.42 Å². The minimum atomic E-state index is -1.66. The second-order valence-electron chi connectivity index (χ2n) is 6.96. The van der Waals surface area contributed by atoms with Crippen LogP contribution in [-0.2, 0) is 28.8 Å². The zero-order valence-corrected chi connectivity index (χ0v) is 20.0. The van der Waals surface area contributed by atoms with Gasteiger partial charge in [0.2, 0.25) is 23.6 Å². The average Bonchev–Trinajstić information content (AvgIpc) is 2.72. The molecule has 9 N–H and O–H groups in total. The van der Waals surface area contributed by atoms with Crippen LogP contribution in [0.3, 0.4) is 0 Å². The maximum Gasteiger partial charge on any atom is 0.326 e. The molecule has 0 bridgehead atoms. The Kier molecular flexibility index (Phi) is 14.9. The van der Waals surface area contributed by atoms with Crippen LogP contribution in [-0.4, -0.2) is 94.0 Å². The van der Waals surface area contributed by atoms with Crippen LogP contribution in [0.5, 0.6) is 0 Å². The van der Waals surface area contributed by atoms with Gasteiger partial charge in [-0.3, -0.25) is 24.0 Å². The van der Waals surface area contributed by atoms with Gasteiger partial charge < -0.3 is 37.6 Å². The largest absolute Gasteiger partial charge is 0.481 e. The minimum absolute atomic E-state index is 0.0737. The first-order valence-corrected chi connectivity index (χ1v) is 12.6. The molecule has 0 radical (unpaired) electrons. The van der Waals surface area contributed by atoms with E-state index in [2.05, 4.69) is 16.0 Å². The third-order valence-electron chi connectivity index (χ3n) is 4.24. The molecule has 0 saturated carbocycles. The topological polar surface area (TPSA) is 231 Å². The van der Waals surface area contributed by atoms with Gasteiger partial charge >= 0.3 is 11.9 Å². The third-order valence-corrected chi connectivity index (χ3v) is 5.53. The molecular weight excluding hydrogens is 478 g/mol. The number of hydrogen-bond acceptors (Lipinski definition) is 9. The SMILES string of the molecule is CSCCC(N)C(=O)NC(CC(N)=O)C(=O)NC(CC(=O)O)C(=O)NC(CCSC)C(=O)O. The first kappa shape index (κ1) is 30.5. The molecule has 0 aliphatic rings. The van der Waals surface area contributed by atoms with E-state index >= 15 is 0 Å². The molecule has 0 rings (SSSR count). The summed E-state index contributed by atoms with van der Waals surface area (Å²) in [5, 5.41) is 25.0. The fourth-order valence-corrected chi connectivity index (χ4v) is 3.45. The van der Waals surface area contributed by atoms with Crippen molar-refractivity contribution >= 4 is 59.1 Å². The molecule has 0 aromatic heterocycles. The predicted octanol–water partition coefficient (Wildman–Crippen LogP) is -2.29. The standard InChI is InChI=1S/C18H31N5O8S2/c1-32-5-3-9(19)15(27)22-11(7-13(20)24)16(28)23-12(8-14(25)26)17(29)21-10(18(30)31)4-6-33-2/h9-12H,3-8,19H2,1-2H3,(H2,20,24)(H,21,29)(H,22,27)(H,23,28)(H,25,26)(H,30,31). The Morgan fingerprint density at radius 1 is 0.758 bits per heavy atom. The fourth-order valence-electron chi connectivity index (χ4n) is 2.49. The van der Waals surface area contributed by atoms with E-state index in [9.17, 15) is 33.9 Å². The average molecular weight is 510 g/mol. The summed E-state index contributed by atoms with van der Waals surface area (Å²) in [6.07, 6.45) is 2.45. The maximum atomic E-state index is 12.7. The lowest BCUT2D eigenvalue weighted by molar-refractivity contribution is -0.144. The lowest BCUT2D eigenvalue weighted by Crippen LogP contribution is -2.58. The molecule has 0 saturated heterocycles. The highest BCUT2D eigenvalue weighted by atomic mass is 32.2. The number of carbonyl (C=O) groups is 6. The lowest BCUT2D eigenvalue weighted by Gasteiger charge is -2.24. The van der Waals surface area contributed by atoms with Gasteiger partial charge in [0.1, 0.15) is 18.1 Å². The maximum absolute atomic E-state index is 12.7. The highest BCUT2D eigenvalue weighted by Crippen LogP contribution is 2.05. The van der Waals surface area contributed by atoms with Gasteiger partial charge in [-0.25, -0.2) is 4.79 Å². The Hall–Kier alpha value is -2.52. The van der Waals surface area contributed by atoms with Crippen LogP contribution in [0.4, 0.5) is 0 Å². The molecule has 4 unspecified atom stereocenters. The van der Waals surface area contributed by atoms with Gasteiger partial charge in [-0.15, -0.1) is 0 Å². The van der Waals surface area contributed by atoms with Crippen molar-refractivity contribution in [1.29, 1.82) is 0 Å². The molecule has 0 aromatic carbocycles.